The predicted octanol–water partition coefficient (Wildman–Crippen LogP) is 3.42. The van der Waals surface area contributed by atoms with Crippen LogP contribution < -0.4 is 11.1 Å². The zero-order chi connectivity index (χ0) is 17.5. The number of hydrogen-bond acceptors (Lipinski definition) is 4. The summed E-state index contributed by atoms with van der Waals surface area (Å²) < 4.78 is 14.9. The number of nitrogens with one attached hydrogen (secondary N) is 1. The van der Waals surface area contributed by atoms with Crippen molar-refractivity contribution in [3.63, 3.8) is 0 Å². The van der Waals surface area contributed by atoms with E-state index in [1.54, 1.807) is 16.8 Å². The highest BCUT2D eigenvalue weighted by molar-refractivity contribution is 7.20. The third-order valence-electron chi connectivity index (χ3n) is 3.54. The predicted molar refractivity (Wildman–Crippen MR) is 101 cm³/mol. The standard InChI is InChI=1S/C17H19FN4OS.ClH/c1-10-13-8-14(15(23)20-9-17(2,3)19)24-16(13)22(21-10)12-6-4-11(18)5-7-12;/h4-8H,9,19H2,1-3H3,(H,20,23);1H. The van der Waals surface area contributed by atoms with E-state index in [0.717, 1.165) is 21.6 Å². The summed E-state index contributed by atoms with van der Waals surface area (Å²) in [5, 5.41) is 8.25. The second-order valence-electron chi connectivity index (χ2n) is 6.47. The summed E-state index contributed by atoms with van der Waals surface area (Å²) in [5.74, 6) is -0.450. The number of nitrogens with zero attached hydrogens (tertiary/aromatic N) is 2. The van der Waals surface area contributed by atoms with Crippen molar-refractivity contribution in [1.29, 1.82) is 0 Å². The first-order valence-electron chi connectivity index (χ1n) is 7.57. The summed E-state index contributed by atoms with van der Waals surface area (Å²) >= 11 is 1.36. The zero-order valence-electron chi connectivity index (χ0n) is 14.2. The van der Waals surface area contributed by atoms with E-state index in [1.807, 2.05) is 26.8 Å². The Bertz CT molecular complexity index is 896. The van der Waals surface area contributed by atoms with Gasteiger partial charge >= 0.3 is 0 Å². The number of carbonyl (C=O) groups is 1. The lowest BCUT2D eigenvalue weighted by atomic mass is 10.1. The maximum atomic E-state index is 13.1. The molecule has 3 aromatic rings. The molecular formula is C17H20ClFN4OS. The number of rotatable bonds is 4. The number of aryl methyl sites for hydroxylation is 1. The number of nitrogens with two attached hydrogens (primary N) is 1. The first-order chi connectivity index (χ1) is 11.2. The van der Waals surface area contributed by atoms with Crippen molar-refractivity contribution >= 4 is 39.9 Å². The SMILES string of the molecule is Cc1nn(-c2ccc(F)cc2)c2sc(C(=O)NCC(C)(C)N)cc12.Cl. The summed E-state index contributed by atoms with van der Waals surface area (Å²) in [5.41, 5.74) is 7.01. The molecule has 2 aromatic heterocycles. The van der Waals surface area contributed by atoms with Crippen molar-refractivity contribution in [2.24, 2.45) is 5.73 Å². The van der Waals surface area contributed by atoms with Gasteiger partial charge in [0.2, 0.25) is 0 Å². The Labute approximate surface area is 155 Å². The van der Waals surface area contributed by atoms with Gasteiger partial charge < -0.3 is 11.1 Å². The molecule has 0 radical (unpaired) electrons. The van der Waals surface area contributed by atoms with Gasteiger partial charge in [0.25, 0.3) is 5.91 Å². The van der Waals surface area contributed by atoms with E-state index in [0.29, 0.717) is 11.4 Å². The summed E-state index contributed by atoms with van der Waals surface area (Å²) in [6, 6.07) is 7.95. The van der Waals surface area contributed by atoms with Crippen LogP contribution in [-0.4, -0.2) is 27.8 Å². The number of carbonyl (C=O) groups excluding carboxylic acids is 1. The maximum absolute atomic E-state index is 13.1. The van der Waals surface area contributed by atoms with E-state index < -0.39 is 5.54 Å². The van der Waals surface area contributed by atoms with Crippen molar-refractivity contribution in [3.8, 4) is 5.69 Å². The first kappa shape index (κ1) is 19.4. The van der Waals surface area contributed by atoms with Crippen molar-refractivity contribution in [1.82, 2.24) is 15.1 Å². The fourth-order valence-electron chi connectivity index (χ4n) is 2.31. The fraction of sp³-hybridized carbons (Fsp3) is 0.294. The van der Waals surface area contributed by atoms with Gasteiger partial charge in [-0.3, -0.25) is 4.79 Å². The number of benzene rings is 1. The van der Waals surface area contributed by atoms with Crippen molar-refractivity contribution in [2.75, 3.05) is 6.54 Å². The molecule has 1 amide bonds. The van der Waals surface area contributed by atoms with E-state index in [-0.39, 0.29) is 24.1 Å². The third-order valence-corrected chi connectivity index (χ3v) is 4.65. The smallest absolute Gasteiger partial charge is 0.261 e. The number of amides is 1. The topological polar surface area (TPSA) is 72.9 Å². The highest BCUT2D eigenvalue weighted by atomic mass is 35.5. The Balaban J connectivity index is 0.00000225. The van der Waals surface area contributed by atoms with Gasteiger partial charge in [0.05, 0.1) is 16.3 Å². The molecule has 0 aliphatic rings. The quantitative estimate of drug-likeness (QED) is 0.726. The van der Waals surface area contributed by atoms with Crippen LogP contribution in [0.3, 0.4) is 0 Å². The minimum absolute atomic E-state index is 0. The molecule has 8 heteroatoms. The van der Waals surface area contributed by atoms with Crippen LogP contribution >= 0.6 is 23.7 Å². The lowest BCUT2D eigenvalue weighted by Crippen LogP contribution is -2.44. The van der Waals surface area contributed by atoms with Crippen LogP contribution in [0.5, 0.6) is 0 Å². The first-order valence-corrected chi connectivity index (χ1v) is 8.38. The number of halogens is 2. The van der Waals surface area contributed by atoms with Crippen LogP contribution in [0, 0.1) is 12.7 Å². The molecule has 3 N–H and O–H groups in total. The van der Waals surface area contributed by atoms with Gasteiger partial charge in [-0.25, -0.2) is 9.07 Å². The summed E-state index contributed by atoms with van der Waals surface area (Å²) in [6.45, 7) is 5.99. The second kappa shape index (κ2) is 7.11. The van der Waals surface area contributed by atoms with Crippen LogP contribution in [0.2, 0.25) is 0 Å². The normalized spacial score (nSPS) is 11.4. The van der Waals surface area contributed by atoms with Gasteiger partial charge in [-0.1, -0.05) is 0 Å². The molecule has 0 aliphatic carbocycles. The molecule has 134 valence electrons. The minimum Gasteiger partial charge on any atom is -0.350 e. The van der Waals surface area contributed by atoms with Crippen molar-refractivity contribution in [3.05, 3.63) is 46.7 Å². The molecule has 0 atom stereocenters. The van der Waals surface area contributed by atoms with Gasteiger partial charge in [-0.05, 0) is 51.1 Å². The second-order valence-corrected chi connectivity index (χ2v) is 7.51. The fourth-order valence-corrected chi connectivity index (χ4v) is 3.41. The van der Waals surface area contributed by atoms with Gasteiger partial charge in [-0.2, -0.15) is 5.10 Å². The summed E-state index contributed by atoms with van der Waals surface area (Å²) in [6.07, 6.45) is 0. The minimum atomic E-state index is -0.465. The Kier molecular flexibility index (Phi) is 5.51. The van der Waals surface area contributed by atoms with Crippen LogP contribution in [0.1, 0.15) is 29.2 Å². The van der Waals surface area contributed by atoms with E-state index in [1.165, 1.54) is 23.5 Å². The Morgan fingerprint density at radius 1 is 1.36 bits per heavy atom. The molecule has 0 saturated carbocycles. The number of aromatic nitrogens is 2. The molecule has 0 bridgehead atoms. The average Bonchev–Trinajstić information content (AvgIpc) is 3.06. The van der Waals surface area contributed by atoms with Crippen molar-refractivity contribution < 1.29 is 9.18 Å². The molecule has 2 heterocycles. The molecule has 0 fully saturated rings. The third kappa shape index (κ3) is 4.18. The van der Waals surface area contributed by atoms with Gasteiger partial charge in [0.15, 0.2) is 0 Å². The van der Waals surface area contributed by atoms with Crippen LogP contribution in [0.15, 0.2) is 30.3 Å². The molecule has 25 heavy (non-hydrogen) atoms. The Morgan fingerprint density at radius 3 is 2.60 bits per heavy atom. The molecule has 0 spiro atoms. The molecule has 5 nitrogen and oxygen atoms in total. The van der Waals surface area contributed by atoms with E-state index >= 15 is 0 Å². The van der Waals surface area contributed by atoms with Crippen LogP contribution in [0.4, 0.5) is 4.39 Å². The van der Waals surface area contributed by atoms with E-state index in [9.17, 15) is 9.18 Å². The number of fused-ring (bicyclic) bond motifs is 1. The zero-order valence-corrected chi connectivity index (χ0v) is 15.8. The van der Waals surface area contributed by atoms with E-state index in [2.05, 4.69) is 10.4 Å². The molecular weight excluding hydrogens is 363 g/mol. The van der Waals surface area contributed by atoms with Crippen LogP contribution in [-0.2, 0) is 0 Å². The maximum Gasteiger partial charge on any atom is 0.261 e. The van der Waals surface area contributed by atoms with E-state index in [4.69, 9.17) is 5.73 Å². The highest BCUT2D eigenvalue weighted by Crippen LogP contribution is 2.30. The highest BCUT2D eigenvalue weighted by Gasteiger charge is 2.19. The number of thiophene rings is 1. The van der Waals surface area contributed by atoms with Crippen LogP contribution in [0.25, 0.3) is 15.9 Å². The molecule has 1 aromatic carbocycles. The largest absolute Gasteiger partial charge is 0.350 e. The average molecular weight is 383 g/mol. The molecule has 3 rings (SSSR count). The monoisotopic (exact) mass is 382 g/mol. The Hall–Kier alpha value is -1.96. The number of hydrogen-bond donors (Lipinski definition) is 2. The molecule has 0 unspecified atom stereocenters. The Morgan fingerprint density at radius 2 is 2.00 bits per heavy atom. The van der Waals surface area contributed by atoms with Gasteiger partial charge in [0.1, 0.15) is 10.6 Å². The summed E-state index contributed by atoms with van der Waals surface area (Å²) in [4.78, 5) is 13.8. The van der Waals surface area contributed by atoms with Crippen molar-refractivity contribution in [2.45, 2.75) is 26.3 Å². The lowest BCUT2D eigenvalue weighted by Gasteiger charge is -2.18. The van der Waals surface area contributed by atoms with Gasteiger partial charge in [0, 0.05) is 17.5 Å². The summed E-state index contributed by atoms with van der Waals surface area (Å²) in [7, 11) is 0. The molecule has 0 aliphatic heterocycles. The van der Waals surface area contributed by atoms with Gasteiger partial charge in [-0.15, -0.1) is 23.7 Å². The molecule has 0 saturated heterocycles. The lowest BCUT2D eigenvalue weighted by molar-refractivity contribution is 0.0950.